The molecule has 0 amide bonds. The fourth-order valence-corrected chi connectivity index (χ4v) is 1.45. The van der Waals surface area contributed by atoms with Crippen LogP contribution in [0, 0.1) is 17.0 Å². The van der Waals surface area contributed by atoms with Crippen LogP contribution < -0.4 is 0 Å². The predicted molar refractivity (Wildman–Crippen MR) is 60.3 cm³/mol. The maximum Gasteiger partial charge on any atom is 0.269 e. The van der Waals surface area contributed by atoms with Gasteiger partial charge in [0.05, 0.1) is 10.3 Å². The summed E-state index contributed by atoms with van der Waals surface area (Å²) in [5.74, 6) is 0.0620. The second-order valence-electron chi connectivity index (χ2n) is 3.22. The molecule has 15 heavy (non-hydrogen) atoms. The first kappa shape index (κ1) is 11.8. The fourth-order valence-electron chi connectivity index (χ4n) is 1.25. The number of ketones is 1. The van der Waals surface area contributed by atoms with E-state index in [1.54, 1.807) is 13.0 Å². The van der Waals surface area contributed by atoms with Crippen molar-refractivity contribution in [2.24, 2.45) is 0 Å². The lowest BCUT2D eigenvalue weighted by Gasteiger charge is -2.03. The zero-order chi connectivity index (χ0) is 11.4. The van der Waals surface area contributed by atoms with E-state index in [0.29, 0.717) is 11.8 Å². The molecule has 0 radical (unpaired) electrons. The first-order chi connectivity index (χ1) is 7.04. The molecule has 1 rings (SSSR count). The first-order valence-corrected chi connectivity index (χ1v) is 5.48. The van der Waals surface area contributed by atoms with Crippen LogP contribution in [0.25, 0.3) is 0 Å². The molecule has 0 fully saturated rings. The van der Waals surface area contributed by atoms with E-state index in [9.17, 15) is 14.9 Å². The van der Waals surface area contributed by atoms with Gasteiger partial charge in [-0.05, 0) is 18.1 Å². The average molecular weight is 272 g/mol. The zero-order valence-corrected chi connectivity index (χ0v) is 9.78. The number of aryl methyl sites for hydroxylation is 1. The van der Waals surface area contributed by atoms with Gasteiger partial charge in [0.25, 0.3) is 5.69 Å². The molecule has 0 aromatic heterocycles. The molecule has 1 aromatic carbocycles. The number of non-ortho nitro benzene ring substituents is 1. The molecule has 1 aromatic rings. The molecule has 0 aliphatic heterocycles. The molecular weight excluding hydrogens is 262 g/mol. The van der Waals surface area contributed by atoms with Gasteiger partial charge in [0.15, 0.2) is 0 Å². The van der Waals surface area contributed by atoms with Crippen molar-refractivity contribution in [3.8, 4) is 0 Å². The lowest BCUT2D eigenvalue weighted by atomic mass is 10.0. The summed E-state index contributed by atoms with van der Waals surface area (Å²) in [5, 5.41) is 10.8. The van der Waals surface area contributed by atoms with Gasteiger partial charge in [-0.2, -0.15) is 0 Å². The van der Waals surface area contributed by atoms with Gasteiger partial charge in [0, 0.05) is 18.6 Å². The van der Waals surface area contributed by atoms with Crippen LogP contribution >= 0.6 is 15.9 Å². The van der Waals surface area contributed by atoms with Crippen LogP contribution in [0.5, 0.6) is 0 Å². The molecule has 0 heterocycles. The summed E-state index contributed by atoms with van der Waals surface area (Å²) in [6, 6.07) is 4.54. The van der Waals surface area contributed by atoms with Crippen LogP contribution in [0.4, 0.5) is 5.69 Å². The van der Waals surface area contributed by atoms with E-state index in [1.165, 1.54) is 12.1 Å². The Kier molecular flexibility index (Phi) is 3.96. The molecule has 0 unspecified atom stereocenters. The van der Waals surface area contributed by atoms with Gasteiger partial charge in [-0.15, -0.1) is 0 Å². The third-order valence-corrected chi connectivity index (χ3v) is 2.70. The Morgan fingerprint density at radius 1 is 1.53 bits per heavy atom. The van der Waals surface area contributed by atoms with Crippen LogP contribution in [0.1, 0.15) is 11.1 Å². The van der Waals surface area contributed by atoms with E-state index in [4.69, 9.17) is 0 Å². The zero-order valence-electron chi connectivity index (χ0n) is 8.20. The van der Waals surface area contributed by atoms with Gasteiger partial charge >= 0.3 is 0 Å². The van der Waals surface area contributed by atoms with Crippen LogP contribution in [-0.4, -0.2) is 16.0 Å². The summed E-state index contributed by atoms with van der Waals surface area (Å²) < 4.78 is 0. The maximum atomic E-state index is 11.2. The fraction of sp³-hybridized carbons (Fsp3) is 0.300. The molecule has 0 N–H and O–H groups in total. The Balaban J connectivity index is 2.93. The van der Waals surface area contributed by atoms with Gasteiger partial charge < -0.3 is 0 Å². The van der Waals surface area contributed by atoms with Crippen molar-refractivity contribution < 1.29 is 9.72 Å². The third kappa shape index (κ3) is 3.13. The van der Waals surface area contributed by atoms with Gasteiger partial charge in [-0.3, -0.25) is 14.9 Å². The normalized spacial score (nSPS) is 10.0. The molecule has 0 saturated carbocycles. The Labute approximate surface area is 95.6 Å². The van der Waals surface area contributed by atoms with E-state index in [0.717, 1.165) is 11.1 Å². The highest BCUT2D eigenvalue weighted by molar-refractivity contribution is 9.09. The molecule has 80 valence electrons. The summed E-state index contributed by atoms with van der Waals surface area (Å²) in [5.41, 5.74) is 1.67. The van der Waals surface area contributed by atoms with Gasteiger partial charge in [0.2, 0.25) is 0 Å². The largest absolute Gasteiger partial charge is 0.298 e. The monoisotopic (exact) mass is 271 g/mol. The SMILES string of the molecule is Cc1cc([N+](=O)[O-])ccc1CC(=O)CBr. The number of carbonyl (C=O) groups excluding carboxylic acids is 1. The smallest absolute Gasteiger partial charge is 0.269 e. The van der Waals surface area contributed by atoms with Crippen molar-refractivity contribution in [3.63, 3.8) is 0 Å². The van der Waals surface area contributed by atoms with Gasteiger partial charge in [-0.25, -0.2) is 0 Å². The molecule has 0 aliphatic rings. The van der Waals surface area contributed by atoms with E-state index < -0.39 is 4.92 Å². The minimum absolute atomic E-state index is 0.0579. The molecule has 0 atom stereocenters. The number of alkyl halides is 1. The maximum absolute atomic E-state index is 11.2. The quantitative estimate of drug-likeness (QED) is 0.480. The first-order valence-electron chi connectivity index (χ1n) is 4.36. The number of nitro benzene ring substituents is 1. The Hall–Kier alpha value is -1.23. The number of nitrogens with zero attached hydrogens (tertiary/aromatic N) is 1. The number of halogens is 1. The highest BCUT2D eigenvalue weighted by Crippen LogP contribution is 2.17. The molecule has 0 bridgehead atoms. The minimum atomic E-state index is -0.441. The summed E-state index contributed by atoms with van der Waals surface area (Å²) in [6.07, 6.45) is 0.315. The molecule has 0 aliphatic carbocycles. The van der Waals surface area contributed by atoms with Crippen molar-refractivity contribution in [2.75, 3.05) is 5.33 Å². The second-order valence-corrected chi connectivity index (χ2v) is 3.78. The van der Waals surface area contributed by atoms with E-state index in [2.05, 4.69) is 15.9 Å². The lowest BCUT2D eigenvalue weighted by molar-refractivity contribution is -0.384. The van der Waals surface area contributed by atoms with E-state index >= 15 is 0 Å². The third-order valence-electron chi connectivity index (χ3n) is 2.07. The highest BCUT2D eigenvalue weighted by atomic mass is 79.9. The standard InChI is InChI=1S/C10H10BrNO3/c1-7-4-9(12(14)15)3-2-8(7)5-10(13)6-11/h2-4H,5-6H2,1H3. The number of carbonyl (C=O) groups is 1. The molecule has 0 saturated heterocycles. The summed E-state index contributed by atoms with van der Waals surface area (Å²) >= 11 is 3.08. The van der Waals surface area contributed by atoms with Gasteiger partial charge in [-0.1, -0.05) is 22.0 Å². The van der Waals surface area contributed by atoms with Crippen molar-refractivity contribution in [1.29, 1.82) is 0 Å². The van der Waals surface area contributed by atoms with Crippen LogP contribution in [0.2, 0.25) is 0 Å². The van der Waals surface area contributed by atoms with Crippen LogP contribution in [0.3, 0.4) is 0 Å². The Bertz CT molecular complexity index is 404. The second kappa shape index (κ2) is 5.02. The number of rotatable bonds is 4. The Morgan fingerprint density at radius 2 is 2.20 bits per heavy atom. The number of hydrogen-bond acceptors (Lipinski definition) is 3. The number of benzene rings is 1. The minimum Gasteiger partial charge on any atom is -0.298 e. The van der Waals surface area contributed by atoms with Crippen molar-refractivity contribution in [3.05, 3.63) is 39.4 Å². The summed E-state index contributed by atoms with van der Waals surface area (Å²) in [6.45, 7) is 1.77. The van der Waals surface area contributed by atoms with E-state index in [1.807, 2.05) is 0 Å². The van der Waals surface area contributed by atoms with Crippen molar-refractivity contribution in [1.82, 2.24) is 0 Å². The molecule has 4 nitrogen and oxygen atoms in total. The molecule has 5 heteroatoms. The topological polar surface area (TPSA) is 60.2 Å². The lowest BCUT2D eigenvalue weighted by Crippen LogP contribution is -2.05. The number of nitro groups is 1. The van der Waals surface area contributed by atoms with Gasteiger partial charge in [0.1, 0.15) is 5.78 Å². The molecular formula is C10H10BrNO3. The average Bonchev–Trinajstić information content (AvgIpc) is 2.20. The van der Waals surface area contributed by atoms with Crippen LogP contribution in [0.15, 0.2) is 18.2 Å². The Morgan fingerprint density at radius 3 is 2.67 bits per heavy atom. The number of hydrogen-bond donors (Lipinski definition) is 0. The van der Waals surface area contributed by atoms with E-state index in [-0.39, 0.29) is 11.5 Å². The van der Waals surface area contributed by atoms with Crippen molar-refractivity contribution in [2.45, 2.75) is 13.3 Å². The molecule has 0 spiro atoms. The number of Topliss-reactive ketones (excluding diaryl/α,β-unsaturated/α-hetero) is 1. The predicted octanol–water partition coefficient (Wildman–Crippen LogP) is 2.41. The summed E-state index contributed by atoms with van der Waals surface area (Å²) in [4.78, 5) is 21.2. The van der Waals surface area contributed by atoms with Crippen LogP contribution in [-0.2, 0) is 11.2 Å². The highest BCUT2D eigenvalue weighted by Gasteiger charge is 2.09. The van der Waals surface area contributed by atoms with Crippen molar-refractivity contribution >= 4 is 27.4 Å². The summed E-state index contributed by atoms with van der Waals surface area (Å²) in [7, 11) is 0.